The summed E-state index contributed by atoms with van der Waals surface area (Å²) in [7, 11) is 0. The number of hydrogen-bond acceptors (Lipinski definition) is 4. The molecule has 2 aliphatic rings. The molecule has 2 saturated heterocycles. The van der Waals surface area contributed by atoms with Crippen LogP contribution in [0, 0.1) is 0 Å². The van der Waals surface area contributed by atoms with Crippen LogP contribution in [0.25, 0.3) is 32.3 Å². The van der Waals surface area contributed by atoms with Crippen LogP contribution in [0.2, 0.25) is 0 Å². The van der Waals surface area contributed by atoms with Crippen molar-refractivity contribution in [2.24, 2.45) is 0 Å². The lowest BCUT2D eigenvalue weighted by Gasteiger charge is -2.07. The van der Waals surface area contributed by atoms with Gasteiger partial charge in [0.2, 0.25) is 0 Å². The fourth-order valence-corrected chi connectivity index (χ4v) is 3.44. The van der Waals surface area contributed by atoms with Gasteiger partial charge in [0.25, 0.3) is 0 Å². The summed E-state index contributed by atoms with van der Waals surface area (Å²) in [6.07, 6.45) is 0.785. The molecule has 30 heavy (non-hydrogen) atoms. The van der Waals surface area contributed by atoms with Gasteiger partial charge in [-0.25, -0.2) is 0 Å². The highest BCUT2D eigenvalue weighted by Gasteiger charge is 2.26. The highest BCUT2D eigenvalue weighted by molar-refractivity contribution is 6.14. The van der Waals surface area contributed by atoms with Gasteiger partial charge in [-0.1, -0.05) is 62.4 Å². The van der Waals surface area contributed by atoms with E-state index in [4.69, 9.17) is 14.2 Å². The Morgan fingerprint density at radius 1 is 0.767 bits per heavy atom. The Bertz CT molecular complexity index is 1120. The van der Waals surface area contributed by atoms with Crippen molar-refractivity contribution in [2.75, 3.05) is 26.4 Å². The molecule has 156 valence electrons. The summed E-state index contributed by atoms with van der Waals surface area (Å²) >= 11 is 0. The molecule has 0 amide bonds. The van der Waals surface area contributed by atoms with E-state index in [0.717, 1.165) is 48.0 Å². The molecule has 0 radical (unpaired) electrons. The van der Waals surface area contributed by atoms with E-state index in [-0.39, 0.29) is 0 Å². The Hall–Kier alpha value is -2.66. The minimum atomic E-state index is 0.346. The van der Waals surface area contributed by atoms with Gasteiger partial charge in [-0.05, 0) is 45.1 Å². The number of phenolic OH excluding ortho intramolecular Hbond substituents is 1. The second-order valence-corrected chi connectivity index (χ2v) is 7.31. The molecule has 4 nitrogen and oxygen atoms in total. The first-order chi connectivity index (χ1) is 14.8. The second-order valence-electron chi connectivity index (χ2n) is 7.31. The summed E-state index contributed by atoms with van der Waals surface area (Å²) in [5.41, 5.74) is 0. The molecule has 0 spiro atoms. The number of fused-ring (bicyclic) bond motifs is 4. The number of ether oxygens (including phenoxy) is 3. The molecule has 0 aliphatic carbocycles. The molecule has 4 heteroatoms. The summed E-state index contributed by atoms with van der Waals surface area (Å²) in [6, 6.07) is 22.5. The maximum absolute atomic E-state index is 10.1. The van der Waals surface area contributed by atoms with Crippen LogP contribution in [0.1, 0.15) is 13.8 Å². The van der Waals surface area contributed by atoms with E-state index in [2.05, 4.69) is 36.4 Å². The van der Waals surface area contributed by atoms with Crippen LogP contribution < -0.4 is 0 Å². The largest absolute Gasteiger partial charge is 0.507 e. The minimum absolute atomic E-state index is 0.346. The Kier molecular flexibility index (Phi) is 6.48. The average molecular weight is 405 g/mol. The smallest absolute Gasteiger partial charge is 0.124 e. The Labute approximate surface area is 177 Å². The van der Waals surface area contributed by atoms with Gasteiger partial charge in [-0.15, -0.1) is 0 Å². The monoisotopic (exact) mass is 404 g/mol. The first-order valence-electron chi connectivity index (χ1n) is 10.6. The summed E-state index contributed by atoms with van der Waals surface area (Å²) in [4.78, 5) is 0. The summed E-state index contributed by atoms with van der Waals surface area (Å²) in [5, 5.41) is 16.8. The number of rotatable bonds is 4. The highest BCUT2D eigenvalue weighted by Crippen LogP contribution is 2.34. The van der Waals surface area contributed by atoms with Crippen molar-refractivity contribution < 1.29 is 19.3 Å². The van der Waals surface area contributed by atoms with Crippen LogP contribution in [0.4, 0.5) is 0 Å². The zero-order valence-corrected chi connectivity index (χ0v) is 17.5. The maximum atomic E-state index is 10.1. The topological polar surface area (TPSA) is 54.5 Å². The second kappa shape index (κ2) is 9.43. The Morgan fingerprint density at radius 2 is 1.33 bits per heavy atom. The summed E-state index contributed by atoms with van der Waals surface area (Å²) in [5.74, 6) is 0.346. The standard InChI is InChI=1S/C18H12O.C6H10O3.C2H6/c19-17-7-3-6-12-8-9-15-10-13-4-1-2-5-14(13)11-16(15)18(12)17;1(5-3-8-5)7-2-6-4-9-6;1-2/h1-11,19H;5-6H,1-4H2;1-2H3. The van der Waals surface area contributed by atoms with Crippen molar-refractivity contribution in [1.82, 2.24) is 0 Å². The molecule has 4 aromatic rings. The number of benzene rings is 4. The molecule has 0 saturated carbocycles. The lowest BCUT2D eigenvalue weighted by Crippen LogP contribution is -2.06. The van der Waals surface area contributed by atoms with Crippen LogP contribution in [0.3, 0.4) is 0 Å². The van der Waals surface area contributed by atoms with Crippen LogP contribution in [0.15, 0.2) is 66.7 Å². The molecule has 6 rings (SSSR count). The lowest BCUT2D eigenvalue weighted by molar-refractivity contribution is 0.102. The molecule has 4 aromatic carbocycles. The van der Waals surface area contributed by atoms with Gasteiger partial charge in [-0.2, -0.15) is 0 Å². The predicted molar refractivity (Wildman–Crippen MR) is 122 cm³/mol. The van der Waals surface area contributed by atoms with Crippen molar-refractivity contribution in [1.29, 1.82) is 0 Å². The summed E-state index contributed by atoms with van der Waals surface area (Å²) < 4.78 is 15.1. The van der Waals surface area contributed by atoms with E-state index in [1.54, 1.807) is 6.07 Å². The Morgan fingerprint density at radius 3 is 1.97 bits per heavy atom. The van der Waals surface area contributed by atoms with E-state index >= 15 is 0 Å². The minimum Gasteiger partial charge on any atom is -0.507 e. The third-order valence-corrected chi connectivity index (χ3v) is 5.12. The molecule has 2 unspecified atom stereocenters. The highest BCUT2D eigenvalue weighted by atomic mass is 16.6. The molecule has 0 bridgehead atoms. The molecule has 1 N–H and O–H groups in total. The molecular weight excluding hydrogens is 376 g/mol. The third kappa shape index (κ3) is 4.90. The third-order valence-electron chi connectivity index (χ3n) is 5.12. The lowest BCUT2D eigenvalue weighted by atomic mass is 9.98. The zero-order valence-electron chi connectivity index (χ0n) is 17.5. The van der Waals surface area contributed by atoms with Crippen LogP contribution in [0.5, 0.6) is 5.75 Å². The zero-order chi connectivity index (χ0) is 20.9. The molecule has 2 aliphatic heterocycles. The molecule has 0 aromatic heterocycles. The van der Waals surface area contributed by atoms with Gasteiger partial charge in [0, 0.05) is 5.39 Å². The van der Waals surface area contributed by atoms with Crippen LogP contribution >= 0.6 is 0 Å². The number of hydrogen-bond donors (Lipinski definition) is 1. The van der Waals surface area contributed by atoms with E-state index in [9.17, 15) is 5.11 Å². The van der Waals surface area contributed by atoms with Crippen LogP contribution in [-0.4, -0.2) is 43.7 Å². The number of epoxide rings is 2. The quantitative estimate of drug-likeness (QED) is 0.270. The first-order valence-corrected chi connectivity index (χ1v) is 10.6. The maximum Gasteiger partial charge on any atom is 0.124 e. The molecule has 2 atom stereocenters. The predicted octanol–water partition coefficient (Wildman–Crippen LogP) is 5.68. The number of phenols is 1. The van der Waals surface area contributed by atoms with Gasteiger partial charge in [0.1, 0.15) is 18.0 Å². The van der Waals surface area contributed by atoms with Crippen molar-refractivity contribution >= 4 is 32.3 Å². The van der Waals surface area contributed by atoms with Gasteiger partial charge in [0.15, 0.2) is 0 Å². The molecular formula is C26H28O4. The molecule has 2 heterocycles. The SMILES string of the molecule is C(OCC1CO1)C1CO1.CC.Oc1cccc2ccc3cc4ccccc4cc3c12. The van der Waals surface area contributed by atoms with Crippen molar-refractivity contribution in [3.8, 4) is 5.75 Å². The Balaban J connectivity index is 0.000000166. The van der Waals surface area contributed by atoms with E-state index < -0.39 is 0 Å². The van der Waals surface area contributed by atoms with E-state index in [1.165, 1.54) is 10.8 Å². The fraction of sp³-hybridized carbons (Fsp3) is 0.308. The molecule has 2 fully saturated rings. The first kappa shape index (κ1) is 20.6. The van der Waals surface area contributed by atoms with Gasteiger partial charge in [-0.3, -0.25) is 0 Å². The van der Waals surface area contributed by atoms with Crippen LogP contribution in [-0.2, 0) is 14.2 Å². The van der Waals surface area contributed by atoms with Crippen molar-refractivity contribution in [2.45, 2.75) is 26.1 Å². The van der Waals surface area contributed by atoms with Gasteiger partial charge < -0.3 is 19.3 Å². The van der Waals surface area contributed by atoms with Crippen molar-refractivity contribution in [3.05, 3.63) is 66.7 Å². The average Bonchev–Trinajstić information content (AvgIpc) is 3.70. The van der Waals surface area contributed by atoms with E-state index in [1.807, 2.05) is 38.1 Å². The van der Waals surface area contributed by atoms with Crippen molar-refractivity contribution in [3.63, 3.8) is 0 Å². The number of aromatic hydroxyl groups is 1. The van der Waals surface area contributed by atoms with E-state index in [0.29, 0.717) is 18.0 Å². The van der Waals surface area contributed by atoms with Gasteiger partial charge >= 0.3 is 0 Å². The normalized spacial score (nSPS) is 19.0. The fourth-order valence-electron chi connectivity index (χ4n) is 3.44. The van der Waals surface area contributed by atoms with Gasteiger partial charge in [0.05, 0.1) is 26.4 Å². The summed E-state index contributed by atoms with van der Waals surface area (Å²) in [6.45, 7) is 7.26.